The number of aromatic amines is 1. The van der Waals surface area contributed by atoms with Crippen LogP contribution in [0.5, 0.6) is 5.75 Å². The van der Waals surface area contributed by atoms with E-state index in [1.54, 1.807) is 0 Å². The van der Waals surface area contributed by atoms with Gasteiger partial charge in [0.1, 0.15) is 18.5 Å². The second-order valence-corrected chi connectivity index (χ2v) is 6.67. The van der Waals surface area contributed by atoms with E-state index in [2.05, 4.69) is 21.7 Å². The first-order valence-corrected chi connectivity index (χ1v) is 8.97. The number of piperidine rings is 1. The third kappa shape index (κ3) is 4.94. The number of hydrogen-bond donors (Lipinski definition) is 2. The Balaban J connectivity index is 1.43. The predicted molar refractivity (Wildman–Crippen MR) is 98.8 cm³/mol. The molecule has 0 aliphatic carbocycles. The first-order valence-electron chi connectivity index (χ1n) is 8.97. The Kier molecular flexibility index (Phi) is 6.25. The van der Waals surface area contributed by atoms with E-state index in [0.29, 0.717) is 19.1 Å². The van der Waals surface area contributed by atoms with Crippen LogP contribution in [0.2, 0.25) is 0 Å². The summed E-state index contributed by atoms with van der Waals surface area (Å²) in [7, 11) is 0. The second kappa shape index (κ2) is 8.83. The summed E-state index contributed by atoms with van der Waals surface area (Å²) >= 11 is 0. The smallest absolute Gasteiger partial charge is 0.122 e. The fraction of sp³-hybridized carbons (Fsp3) is 0.450. The molecule has 5 nitrogen and oxygen atoms in total. The van der Waals surface area contributed by atoms with E-state index in [0.717, 1.165) is 43.7 Å². The van der Waals surface area contributed by atoms with Gasteiger partial charge in [0.05, 0.1) is 6.20 Å². The van der Waals surface area contributed by atoms with Crippen molar-refractivity contribution in [2.45, 2.75) is 31.3 Å². The van der Waals surface area contributed by atoms with Crippen LogP contribution in [0.1, 0.15) is 29.9 Å². The molecule has 5 heteroatoms. The average Bonchev–Trinajstić information content (AvgIpc) is 3.17. The van der Waals surface area contributed by atoms with Crippen molar-refractivity contribution in [3.05, 3.63) is 60.4 Å². The quantitative estimate of drug-likeness (QED) is 0.725. The van der Waals surface area contributed by atoms with Crippen molar-refractivity contribution in [1.82, 2.24) is 15.1 Å². The van der Waals surface area contributed by atoms with Crippen LogP contribution in [0.3, 0.4) is 0 Å². The van der Waals surface area contributed by atoms with Gasteiger partial charge in [-0.05, 0) is 55.5 Å². The van der Waals surface area contributed by atoms with Crippen molar-refractivity contribution in [2.24, 2.45) is 0 Å². The summed E-state index contributed by atoms with van der Waals surface area (Å²) in [6.45, 7) is 6.75. The number of aliphatic hydroxyl groups excluding tert-OH is 1. The zero-order chi connectivity index (χ0) is 17.5. The van der Waals surface area contributed by atoms with Crippen LogP contribution in [-0.2, 0) is 6.42 Å². The van der Waals surface area contributed by atoms with E-state index in [1.165, 1.54) is 5.56 Å². The highest BCUT2D eigenvalue weighted by molar-refractivity contribution is 5.34. The van der Waals surface area contributed by atoms with E-state index in [-0.39, 0.29) is 0 Å². The fourth-order valence-corrected chi connectivity index (χ4v) is 3.44. The highest BCUT2D eigenvalue weighted by Crippen LogP contribution is 2.27. The van der Waals surface area contributed by atoms with Crippen LogP contribution in [0, 0.1) is 0 Å². The van der Waals surface area contributed by atoms with Crippen LogP contribution in [0.4, 0.5) is 0 Å². The number of aromatic nitrogens is 2. The third-order valence-corrected chi connectivity index (χ3v) is 4.82. The lowest BCUT2D eigenvalue weighted by atomic mass is 9.91. The van der Waals surface area contributed by atoms with E-state index in [1.807, 2.05) is 42.7 Å². The van der Waals surface area contributed by atoms with Crippen molar-refractivity contribution >= 4 is 0 Å². The molecule has 1 fully saturated rings. The van der Waals surface area contributed by atoms with Crippen molar-refractivity contribution in [3.8, 4) is 5.75 Å². The molecule has 0 bridgehead atoms. The number of β-amino-alcohol motifs (C(OH)–C–C–N with tert-alkyl or cyclic N) is 1. The standard InChI is InChI=1S/C20H27N3O2/c1-2-5-17-6-3-4-7-20(17)25-15-19(24)14-23-10-8-16(9-11-23)18-12-21-22-13-18/h2-4,6-7,12-13,16,19,24H,1,5,8-11,14-15H2,(H,21,22)/t19-/m1/s1. The van der Waals surface area contributed by atoms with Gasteiger partial charge in [-0.2, -0.15) is 5.10 Å². The molecular weight excluding hydrogens is 314 g/mol. The second-order valence-electron chi connectivity index (χ2n) is 6.67. The third-order valence-electron chi connectivity index (χ3n) is 4.82. The highest BCUT2D eigenvalue weighted by Gasteiger charge is 2.22. The first kappa shape index (κ1) is 17.7. The molecule has 1 atom stereocenters. The van der Waals surface area contributed by atoms with Gasteiger partial charge in [-0.1, -0.05) is 24.3 Å². The van der Waals surface area contributed by atoms with Gasteiger partial charge < -0.3 is 14.7 Å². The Morgan fingerprint density at radius 3 is 2.88 bits per heavy atom. The number of nitrogens with one attached hydrogen (secondary N) is 1. The van der Waals surface area contributed by atoms with Crippen molar-refractivity contribution in [2.75, 3.05) is 26.2 Å². The van der Waals surface area contributed by atoms with E-state index in [9.17, 15) is 5.11 Å². The summed E-state index contributed by atoms with van der Waals surface area (Å²) in [5.41, 5.74) is 2.40. The molecule has 0 unspecified atom stereocenters. The Labute approximate surface area is 149 Å². The molecule has 1 saturated heterocycles. The summed E-state index contributed by atoms with van der Waals surface area (Å²) in [5.74, 6) is 1.41. The molecule has 25 heavy (non-hydrogen) atoms. The molecule has 2 heterocycles. The lowest BCUT2D eigenvalue weighted by molar-refractivity contribution is 0.0592. The maximum atomic E-state index is 10.3. The number of allylic oxidation sites excluding steroid dienone is 1. The van der Waals surface area contributed by atoms with Crippen LogP contribution in [0.15, 0.2) is 49.3 Å². The van der Waals surface area contributed by atoms with Gasteiger partial charge in [0, 0.05) is 12.7 Å². The minimum Gasteiger partial charge on any atom is -0.491 e. The molecule has 1 aromatic carbocycles. The summed E-state index contributed by atoms with van der Waals surface area (Å²) in [6, 6.07) is 7.92. The molecule has 0 saturated carbocycles. The maximum Gasteiger partial charge on any atom is 0.122 e. The average molecular weight is 341 g/mol. The number of rotatable bonds is 8. The number of likely N-dealkylation sites (tertiary alicyclic amines) is 1. The Morgan fingerprint density at radius 1 is 1.36 bits per heavy atom. The summed E-state index contributed by atoms with van der Waals surface area (Å²) in [4.78, 5) is 2.32. The molecule has 0 spiro atoms. The largest absolute Gasteiger partial charge is 0.491 e. The summed E-state index contributed by atoms with van der Waals surface area (Å²) < 4.78 is 5.84. The molecule has 2 N–H and O–H groups in total. The molecule has 1 aromatic heterocycles. The van der Waals surface area contributed by atoms with Crippen molar-refractivity contribution < 1.29 is 9.84 Å². The number of aliphatic hydroxyl groups is 1. The van der Waals surface area contributed by atoms with Gasteiger partial charge in [0.15, 0.2) is 0 Å². The van der Waals surface area contributed by atoms with Crippen LogP contribution in [-0.4, -0.2) is 52.5 Å². The normalized spacial score (nSPS) is 17.3. The molecule has 0 amide bonds. The van der Waals surface area contributed by atoms with Crippen LogP contribution >= 0.6 is 0 Å². The number of ether oxygens (including phenoxy) is 1. The number of nitrogens with zero attached hydrogens (tertiary/aromatic N) is 2. The number of benzene rings is 1. The number of para-hydroxylation sites is 1. The minimum absolute atomic E-state index is 0.315. The van der Waals surface area contributed by atoms with Gasteiger partial charge in [0.25, 0.3) is 0 Å². The topological polar surface area (TPSA) is 61.4 Å². The zero-order valence-corrected chi connectivity index (χ0v) is 14.6. The summed E-state index contributed by atoms with van der Waals surface area (Å²) in [6.07, 6.45) is 8.27. The van der Waals surface area contributed by atoms with Gasteiger partial charge in [0.2, 0.25) is 0 Å². The Morgan fingerprint density at radius 2 is 2.16 bits per heavy atom. The Hall–Kier alpha value is -2.11. The lowest BCUT2D eigenvalue weighted by Crippen LogP contribution is -2.40. The molecule has 1 aliphatic heterocycles. The molecule has 0 radical (unpaired) electrons. The molecular formula is C20H27N3O2. The minimum atomic E-state index is -0.484. The lowest BCUT2D eigenvalue weighted by Gasteiger charge is -2.32. The van der Waals surface area contributed by atoms with Crippen LogP contribution < -0.4 is 4.74 Å². The van der Waals surface area contributed by atoms with Gasteiger partial charge in [-0.15, -0.1) is 6.58 Å². The number of hydrogen-bond acceptors (Lipinski definition) is 4. The van der Waals surface area contributed by atoms with Crippen LogP contribution in [0.25, 0.3) is 0 Å². The van der Waals surface area contributed by atoms with E-state index in [4.69, 9.17) is 4.74 Å². The fourth-order valence-electron chi connectivity index (χ4n) is 3.44. The molecule has 3 rings (SSSR count). The SMILES string of the molecule is C=CCc1ccccc1OC[C@H](O)CN1CCC(c2cn[nH]c2)CC1. The molecule has 1 aliphatic rings. The van der Waals surface area contributed by atoms with Crippen molar-refractivity contribution in [3.63, 3.8) is 0 Å². The van der Waals surface area contributed by atoms with Gasteiger partial charge in [-0.3, -0.25) is 5.10 Å². The van der Waals surface area contributed by atoms with Gasteiger partial charge >= 0.3 is 0 Å². The highest BCUT2D eigenvalue weighted by atomic mass is 16.5. The Bertz CT molecular complexity index is 649. The summed E-state index contributed by atoms with van der Waals surface area (Å²) in [5, 5.41) is 17.3. The molecule has 2 aromatic rings. The van der Waals surface area contributed by atoms with Crippen molar-refractivity contribution in [1.29, 1.82) is 0 Å². The van der Waals surface area contributed by atoms with Gasteiger partial charge in [-0.25, -0.2) is 0 Å². The predicted octanol–water partition coefficient (Wildman–Crippen LogP) is 2.76. The first-order chi connectivity index (χ1) is 12.3. The van der Waals surface area contributed by atoms with E-state index >= 15 is 0 Å². The monoisotopic (exact) mass is 341 g/mol. The van der Waals surface area contributed by atoms with E-state index < -0.39 is 6.10 Å². The maximum absolute atomic E-state index is 10.3. The zero-order valence-electron chi connectivity index (χ0n) is 14.6. The molecule has 134 valence electrons. The number of H-pyrrole nitrogens is 1.